The van der Waals surface area contributed by atoms with Crippen molar-refractivity contribution in [3.05, 3.63) is 35.3 Å². The van der Waals surface area contributed by atoms with Gasteiger partial charge in [-0.25, -0.2) is 9.97 Å². The van der Waals surface area contributed by atoms with Crippen LogP contribution in [0.15, 0.2) is 22.7 Å². The monoisotopic (exact) mass is 438 g/mol. The van der Waals surface area contributed by atoms with E-state index < -0.39 is 5.91 Å². The van der Waals surface area contributed by atoms with Crippen molar-refractivity contribution in [2.75, 3.05) is 6.61 Å². The summed E-state index contributed by atoms with van der Waals surface area (Å²) in [6.07, 6.45) is 2.62. The molecule has 0 aliphatic carbocycles. The number of hydrogen-bond acceptors (Lipinski definition) is 7. The number of fused-ring (bicyclic) bond motifs is 1. The number of carbonyl (C=O) groups is 2. The first-order chi connectivity index (χ1) is 15.2. The SMILES string of the molecule is Cc1nc(-c2cnc(OCC3CCC(=O)N3)c3cc(OC(C)C)c(C(N)=O)cc23)oc1C. The topological polar surface area (TPSA) is 130 Å². The Morgan fingerprint density at radius 2 is 2.09 bits per heavy atom. The Balaban J connectivity index is 1.85. The van der Waals surface area contributed by atoms with Crippen LogP contribution in [0.4, 0.5) is 0 Å². The van der Waals surface area contributed by atoms with E-state index in [1.165, 1.54) is 0 Å². The minimum atomic E-state index is -0.610. The molecule has 0 spiro atoms. The average Bonchev–Trinajstić information content (AvgIpc) is 3.29. The summed E-state index contributed by atoms with van der Waals surface area (Å²) in [5.41, 5.74) is 7.26. The summed E-state index contributed by atoms with van der Waals surface area (Å²) in [6, 6.07) is 3.29. The van der Waals surface area contributed by atoms with Gasteiger partial charge in [-0.05, 0) is 46.2 Å². The lowest BCUT2D eigenvalue weighted by atomic mass is 10.0. The molecule has 0 bridgehead atoms. The van der Waals surface area contributed by atoms with Crippen LogP contribution in [0.3, 0.4) is 0 Å². The number of pyridine rings is 1. The Hall–Kier alpha value is -3.62. The third kappa shape index (κ3) is 4.23. The molecule has 0 saturated carbocycles. The van der Waals surface area contributed by atoms with Gasteiger partial charge in [-0.2, -0.15) is 0 Å². The molecule has 32 heavy (non-hydrogen) atoms. The number of aromatic nitrogens is 2. The highest BCUT2D eigenvalue weighted by Crippen LogP contribution is 2.37. The van der Waals surface area contributed by atoms with Gasteiger partial charge in [0.1, 0.15) is 18.1 Å². The van der Waals surface area contributed by atoms with Crippen molar-refractivity contribution in [1.29, 1.82) is 0 Å². The van der Waals surface area contributed by atoms with E-state index >= 15 is 0 Å². The Bertz CT molecular complexity index is 1180. The quantitative estimate of drug-likeness (QED) is 0.580. The van der Waals surface area contributed by atoms with E-state index in [0.717, 1.165) is 5.69 Å². The van der Waals surface area contributed by atoms with E-state index in [2.05, 4.69) is 15.3 Å². The van der Waals surface area contributed by atoms with Crippen LogP contribution >= 0.6 is 0 Å². The molecule has 1 aliphatic rings. The zero-order chi connectivity index (χ0) is 23.0. The fraction of sp³-hybridized carbons (Fsp3) is 0.391. The second-order valence-corrected chi connectivity index (χ2v) is 8.18. The van der Waals surface area contributed by atoms with Crippen LogP contribution in [-0.4, -0.2) is 40.5 Å². The maximum atomic E-state index is 12.2. The minimum Gasteiger partial charge on any atom is -0.490 e. The predicted molar refractivity (Wildman–Crippen MR) is 118 cm³/mol. The molecule has 3 aromatic rings. The molecule has 1 aliphatic heterocycles. The van der Waals surface area contributed by atoms with Crippen molar-refractivity contribution in [2.24, 2.45) is 5.73 Å². The first-order valence-electron chi connectivity index (χ1n) is 10.5. The number of nitrogens with one attached hydrogen (secondary N) is 1. The first-order valence-corrected chi connectivity index (χ1v) is 10.5. The molecule has 2 amide bonds. The largest absolute Gasteiger partial charge is 0.490 e. The maximum Gasteiger partial charge on any atom is 0.252 e. The zero-order valence-corrected chi connectivity index (χ0v) is 18.5. The van der Waals surface area contributed by atoms with Gasteiger partial charge >= 0.3 is 0 Å². The first kappa shape index (κ1) is 21.6. The summed E-state index contributed by atoms with van der Waals surface area (Å²) in [5.74, 6) is 1.19. The van der Waals surface area contributed by atoms with Gasteiger partial charge < -0.3 is 24.9 Å². The molecule has 4 rings (SSSR count). The second kappa shape index (κ2) is 8.49. The molecule has 1 unspecified atom stereocenters. The van der Waals surface area contributed by atoms with Crippen molar-refractivity contribution in [3.8, 4) is 23.1 Å². The average molecular weight is 438 g/mol. The fourth-order valence-corrected chi connectivity index (χ4v) is 3.64. The van der Waals surface area contributed by atoms with E-state index in [0.29, 0.717) is 52.5 Å². The second-order valence-electron chi connectivity index (χ2n) is 8.18. The van der Waals surface area contributed by atoms with E-state index in [1.807, 2.05) is 27.7 Å². The van der Waals surface area contributed by atoms with E-state index in [9.17, 15) is 9.59 Å². The van der Waals surface area contributed by atoms with Crippen LogP contribution in [0.1, 0.15) is 48.5 Å². The third-order valence-corrected chi connectivity index (χ3v) is 5.34. The minimum absolute atomic E-state index is 0.0140. The molecule has 3 heterocycles. The zero-order valence-electron chi connectivity index (χ0n) is 18.5. The molecule has 1 aromatic carbocycles. The number of hydrogen-bond donors (Lipinski definition) is 2. The summed E-state index contributed by atoms with van der Waals surface area (Å²) in [7, 11) is 0. The normalized spacial score (nSPS) is 15.9. The van der Waals surface area contributed by atoms with Gasteiger partial charge in [0, 0.05) is 23.4 Å². The number of oxazole rings is 1. The van der Waals surface area contributed by atoms with Crippen LogP contribution in [0.2, 0.25) is 0 Å². The van der Waals surface area contributed by atoms with Crippen molar-refractivity contribution < 1.29 is 23.5 Å². The van der Waals surface area contributed by atoms with Gasteiger partial charge in [0.15, 0.2) is 0 Å². The molecule has 9 nitrogen and oxygen atoms in total. The van der Waals surface area contributed by atoms with Crippen molar-refractivity contribution in [2.45, 2.75) is 52.7 Å². The number of rotatable bonds is 7. The Morgan fingerprint density at radius 3 is 2.69 bits per heavy atom. The molecule has 168 valence electrons. The highest BCUT2D eigenvalue weighted by Gasteiger charge is 2.24. The number of benzene rings is 1. The molecule has 9 heteroatoms. The number of nitrogens with zero attached hydrogens (tertiary/aromatic N) is 2. The van der Waals surface area contributed by atoms with Gasteiger partial charge in [-0.1, -0.05) is 0 Å². The molecule has 1 atom stereocenters. The van der Waals surface area contributed by atoms with E-state index in [1.54, 1.807) is 18.3 Å². The number of amides is 2. The van der Waals surface area contributed by atoms with Crippen LogP contribution < -0.4 is 20.5 Å². The summed E-state index contributed by atoms with van der Waals surface area (Å²) in [6.45, 7) is 7.69. The number of nitrogens with two attached hydrogens (primary N) is 1. The summed E-state index contributed by atoms with van der Waals surface area (Å²) < 4.78 is 17.6. The molecule has 0 radical (unpaired) electrons. The lowest BCUT2D eigenvalue weighted by Crippen LogP contribution is -2.31. The van der Waals surface area contributed by atoms with Gasteiger partial charge in [-0.3, -0.25) is 9.59 Å². The number of primary amides is 1. The molecular formula is C23H26N4O5. The van der Waals surface area contributed by atoms with Crippen molar-refractivity contribution >= 4 is 22.6 Å². The lowest BCUT2D eigenvalue weighted by molar-refractivity contribution is -0.119. The Morgan fingerprint density at radius 1 is 1.31 bits per heavy atom. The van der Waals surface area contributed by atoms with Gasteiger partial charge in [-0.15, -0.1) is 0 Å². The maximum absolute atomic E-state index is 12.2. The third-order valence-electron chi connectivity index (χ3n) is 5.34. The van der Waals surface area contributed by atoms with Crippen molar-refractivity contribution in [3.63, 3.8) is 0 Å². The Kier molecular flexibility index (Phi) is 5.73. The number of aryl methyl sites for hydroxylation is 2. The number of ether oxygens (including phenoxy) is 2. The highest BCUT2D eigenvalue weighted by atomic mass is 16.5. The molecule has 2 aromatic heterocycles. The van der Waals surface area contributed by atoms with Crippen molar-refractivity contribution in [1.82, 2.24) is 15.3 Å². The molecule has 1 fully saturated rings. The lowest BCUT2D eigenvalue weighted by Gasteiger charge is -2.17. The molecular weight excluding hydrogens is 412 g/mol. The Labute approximate surface area is 185 Å². The fourth-order valence-electron chi connectivity index (χ4n) is 3.64. The highest BCUT2D eigenvalue weighted by molar-refractivity contribution is 6.05. The van der Waals surface area contributed by atoms with Crippen LogP contribution in [0.5, 0.6) is 11.6 Å². The summed E-state index contributed by atoms with van der Waals surface area (Å²) in [5, 5.41) is 4.15. The molecule has 1 saturated heterocycles. The summed E-state index contributed by atoms with van der Waals surface area (Å²) >= 11 is 0. The van der Waals surface area contributed by atoms with Gasteiger partial charge in [0.05, 0.1) is 29.0 Å². The number of carbonyl (C=O) groups excluding carboxylic acids is 2. The van der Waals surface area contributed by atoms with Crippen LogP contribution in [-0.2, 0) is 4.79 Å². The standard InChI is InChI=1S/C23H26N4O5/c1-11(2)31-19-8-16-15(7-17(19)21(24)29)18(23-26-12(3)13(4)32-23)9-25-22(16)30-10-14-5-6-20(28)27-14/h7-9,11,14H,5-6,10H2,1-4H3,(H2,24,29)(H,27,28). The van der Waals surface area contributed by atoms with E-state index in [4.69, 9.17) is 19.6 Å². The smallest absolute Gasteiger partial charge is 0.252 e. The predicted octanol–water partition coefficient (Wildman–Crippen LogP) is 3.05. The molecule has 3 N–H and O–H groups in total. The van der Waals surface area contributed by atoms with E-state index in [-0.39, 0.29) is 30.2 Å². The van der Waals surface area contributed by atoms with Gasteiger partial charge in [0.2, 0.25) is 17.7 Å². The summed E-state index contributed by atoms with van der Waals surface area (Å²) in [4.78, 5) is 32.7. The van der Waals surface area contributed by atoms with Gasteiger partial charge in [0.25, 0.3) is 5.91 Å². The van der Waals surface area contributed by atoms with Crippen LogP contribution in [0, 0.1) is 13.8 Å². The van der Waals surface area contributed by atoms with Crippen LogP contribution in [0.25, 0.3) is 22.2 Å².